The zero-order valence-electron chi connectivity index (χ0n) is 18.2. The number of nitrogens with one attached hydrogen (secondary N) is 1. The van der Waals surface area contributed by atoms with Crippen molar-refractivity contribution in [1.82, 2.24) is 14.1 Å². The molecule has 1 aliphatic rings. The minimum absolute atomic E-state index is 0.0120. The fourth-order valence-electron chi connectivity index (χ4n) is 3.49. The van der Waals surface area contributed by atoms with Crippen LogP contribution in [0.25, 0.3) is 5.69 Å². The summed E-state index contributed by atoms with van der Waals surface area (Å²) in [7, 11) is -1.10. The molecule has 0 unspecified atom stereocenters. The largest absolute Gasteiger partial charge is 0.493 e. The molecule has 2 aromatic carbocycles. The summed E-state index contributed by atoms with van der Waals surface area (Å²) in [6, 6.07) is 13.7. The number of carbonyl (C=O) groups excluding carboxylic acids is 1. The molecule has 11 heteroatoms. The molecule has 3 aromatic rings. The Balaban J connectivity index is 1.66. The van der Waals surface area contributed by atoms with Crippen molar-refractivity contribution >= 4 is 21.7 Å². The van der Waals surface area contributed by atoms with E-state index in [0.29, 0.717) is 19.0 Å². The topological polar surface area (TPSA) is 112 Å². The molecule has 1 N–H and O–H groups in total. The van der Waals surface area contributed by atoms with Crippen LogP contribution in [0.3, 0.4) is 0 Å². The van der Waals surface area contributed by atoms with Crippen molar-refractivity contribution < 1.29 is 27.4 Å². The van der Waals surface area contributed by atoms with Gasteiger partial charge >= 0.3 is 0 Å². The highest BCUT2D eigenvalue weighted by Gasteiger charge is 2.30. The lowest BCUT2D eigenvalue weighted by Gasteiger charge is -2.26. The lowest BCUT2D eigenvalue weighted by Crippen LogP contribution is -2.40. The molecule has 1 aromatic heterocycles. The van der Waals surface area contributed by atoms with Gasteiger partial charge in [0.25, 0.3) is 5.91 Å². The Hall–Kier alpha value is -3.41. The molecular formula is C22H24N4O6S. The molecule has 4 rings (SSSR count). The Morgan fingerprint density at radius 3 is 2.45 bits per heavy atom. The fourth-order valence-corrected chi connectivity index (χ4v) is 4.94. The van der Waals surface area contributed by atoms with Crippen LogP contribution in [0.15, 0.2) is 59.6 Å². The van der Waals surface area contributed by atoms with Crippen molar-refractivity contribution in [1.29, 1.82) is 0 Å². The van der Waals surface area contributed by atoms with Gasteiger partial charge in [-0.3, -0.25) is 4.79 Å². The summed E-state index contributed by atoms with van der Waals surface area (Å²) in [6.45, 7) is 1.08. The van der Waals surface area contributed by atoms with Crippen LogP contribution in [0.2, 0.25) is 0 Å². The standard InChI is InChI=1S/C22H24N4O6S/c1-30-19-15-17(33(28,29)25-10-12-32-13-11-25)14-18(21(19)31-2)22(27)23-20-8-9-26(24-20)16-6-4-3-5-7-16/h3-9,14-15H,10-13H2,1-2H3,(H,23,24,27). The van der Waals surface area contributed by atoms with Gasteiger partial charge in [-0.25, -0.2) is 13.1 Å². The summed E-state index contributed by atoms with van der Waals surface area (Å²) < 4.78 is 45.2. The molecule has 0 atom stereocenters. The van der Waals surface area contributed by atoms with Gasteiger partial charge in [0.15, 0.2) is 17.3 Å². The second-order valence-electron chi connectivity index (χ2n) is 7.16. The third-order valence-corrected chi connectivity index (χ3v) is 7.03. The van der Waals surface area contributed by atoms with Gasteiger partial charge < -0.3 is 19.5 Å². The summed E-state index contributed by atoms with van der Waals surface area (Å²) in [5.41, 5.74) is 0.841. The van der Waals surface area contributed by atoms with Crippen molar-refractivity contribution in [2.24, 2.45) is 0 Å². The number of benzene rings is 2. The van der Waals surface area contributed by atoms with Crippen LogP contribution in [-0.2, 0) is 14.8 Å². The third-order valence-electron chi connectivity index (χ3n) is 5.16. The molecule has 174 valence electrons. The quantitative estimate of drug-likeness (QED) is 0.561. The molecule has 33 heavy (non-hydrogen) atoms. The highest BCUT2D eigenvalue weighted by molar-refractivity contribution is 7.89. The number of aromatic nitrogens is 2. The van der Waals surface area contributed by atoms with Gasteiger partial charge in [0.2, 0.25) is 10.0 Å². The monoisotopic (exact) mass is 472 g/mol. The predicted molar refractivity (Wildman–Crippen MR) is 121 cm³/mol. The van der Waals surface area contributed by atoms with E-state index in [-0.39, 0.29) is 35.0 Å². The Labute approximate surface area is 191 Å². The van der Waals surface area contributed by atoms with Crippen molar-refractivity contribution in [3.63, 3.8) is 0 Å². The summed E-state index contributed by atoms with van der Waals surface area (Å²) >= 11 is 0. The zero-order chi connectivity index (χ0) is 23.4. The molecule has 0 spiro atoms. The first-order valence-corrected chi connectivity index (χ1v) is 11.6. The minimum atomic E-state index is -3.86. The number of hydrogen-bond acceptors (Lipinski definition) is 7. The molecule has 10 nitrogen and oxygen atoms in total. The Morgan fingerprint density at radius 2 is 1.79 bits per heavy atom. The zero-order valence-corrected chi connectivity index (χ0v) is 19.0. The SMILES string of the molecule is COc1cc(S(=O)(=O)N2CCOCC2)cc(C(=O)Nc2ccn(-c3ccccc3)n2)c1OC. The van der Waals surface area contributed by atoms with Crippen LogP contribution in [0.5, 0.6) is 11.5 Å². The van der Waals surface area contributed by atoms with Gasteiger partial charge in [-0.05, 0) is 18.2 Å². The van der Waals surface area contributed by atoms with Gasteiger partial charge in [-0.2, -0.15) is 9.40 Å². The average molecular weight is 473 g/mol. The molecule has 1 fully saturated rings. The number of carbonyl (C=O) groups is 1. The summed E-state index contributed by atoms with van der Waals surface area (Å²) in [5, 5.41) is 7.06. The van der Waals surface area contributed by atoms with Gasteiger partial charge in [-0.1, -0.05) is 18.2 Å². The Morgan fingerprint density at radius 1 is 1.06 bits per heavy atom. The fraction of sp³-hybridized carbons (Fsp3) is 0.273. The smallest absolute Gasteiger partial charge is 0.260 e. The molecule has 2 heterocycles. The number of sulfonamides is 1. The molecule has 1 aliphatic heterocycles. The third kappa shape index (κ3) is 4.70. The Bertz CT molecular complexity index is 1240. The highest BCUT2D eigenvalue weighted by Crippen LogP contribution is 2.35. The van der Waals surface area contributed by atoms with Gasteiger partial charge in [0.1, 0.15) is 0 Å². The van der Waals surface area contributed by atoms with E-state index >= 15 is 0 Å². The summed E-state index contributed by atoms with van der Waals surface area (Å²) in [5.74, 6) is -0.0287. The van der Waals surface area contributed by atoms with Crippen LogP contribution in [0.4, 0.5) is 5.82 Å². The van der Waals surface area contributed by atoms with Crippen molar-refractivity contribution in [2.45, 2.75) is 4.90 Å². The van der Waals surface area contributed by atoms with E-state index in [1.54, 1.807) is 16.9 Å². The molecule has 0 radical (unpaired) electrons. The van der Waals surface area contributed by atoms with Gasteiger partial charge in [-0.15, -0.1) is 0 Å². The number of morpholine rings is 1. The van der Waals surface area contributed by atoms with Gasteiger partial charge in [0.05, 0.1) is 43.6 Å². The predicted octanol–water partition coefficient (Wildman–Crippen LogP) is 2.16. The molecule has 0 aliphatic carbocycles. The first-order chi connectivity index (χ1) is 15.9. The van der Waals surface area contributed by atoms with Crippen LogP contribution >= 0.6 is 0 Å². The first kappa shape index (κ1) is 22.8. The van der Waals surface area contributed by atoms with Crippen LogP contribution in [-0.4, -0.2) is 68.9 Å². The molecule has 0 bridgehead atoms. The molecular weight excluding hydrogens is 448 g/mol. The summed E-state index contributed by atoms with van der Waals surface area (Å²) in [6.07, 6.45) is 1.71. The van der Waals surface area contributed by atoms with E-state index in [9.17, 15) is 13.2 Å². The second kappa shape index (κ2) is 9.61. The van der Waals surface area contributed by atoms with E-state index in [1.165, 1.54) is 30.7 Å². The second-order valence-corrected chi connectivity index (χ2v) is 9.10. The van der Waals surface area contributed by atoms with Gasteiger partial charge in [0, 0.05) is 31.4 Å². The number of rotatable bonds is 7. The lowest BCUT2D eigenvalue weighted by molar-refractivity contribution is 0.0730. The van der Waals surface area contributed by atoms with Crippen molar-refractivity contribution in [3.05, 3.63) is 60.3 Å². The molecule has 0 saturated carbocycles. The molecule has 1 amide bonds. The highest BCUT2D eigenvalue weighted by atomic mass is 32.2. The first-order valence-electron chi connectivity index (χ1n) is 10.2. The van der Waals surface area contributed by atoms with Crippen molar-refractivity contribution in [2.75, 3.05) is 45.8 Å². The van der Waals surface area contributed by atoms with E-state index < -0.39 is 15.9 Å². The number of hydrogen-bond donors (Lipinski definition) is 1. The van der Waals surface area contributed by atoms with Crippen molar-refractivity contribution in [3.8, 4) is 17.2 Å². The normalized spacial score (nSPS) is 14.6. The average Bonchev–Trinajstić information content (AvgIpc) is 3.32. The Kier molecular flexibility index (Phi) is 6.63. The maximum atomic E-state index is 13.2. The maximum absolute atomic E-state index is 13.2. The molecule has 1 saturated heterocycles. The maximum Gasteiger partial charge on any atom is 0.260 e. The summed E-state index contributed by atoms with van der Waals surface area (Å²) in [4.78, 5) is 13.1. The van der Waals surface area contributed by atoms with Crippen LogP contribution in [0, 0.1) is 0 Å². The number of ether oxygens (including phenoxy) is 3. The number of amides is 1. The minimum Gasteiger partial charge on any atom is -0.493 e. The van der Waals surface area contributed by atoms with Crippen LogP contribution in [0.1, 0.15) is 10.4 Å². The van der Waals surface area contributed by atoms with E-state index in [1.807, 2.05) is 30.3 Å². The van der Waals surface area contributed by atoms with E-state index in [2.05, 4.69) is 10.4 Å². The number of methoxy groups -OCH3 is 2. The number of nitrogens with zero attached hydrogens (tertiary/aromatic N) is 3. The number of para-hydroxylation sites is 1. The van der Waals surface area contributed by atoms with Crippen LogP contribution < -0.4 is 14.8 Å². The number of anilines is 1. The van der Waals surface area contributed by atoms with E-state index in [4.69, 9.17) is 14.2 Å². The van der Waals surface area contributed by atoms with E-state index in [0.717, 1.165) is 5.69 Å². The lowest BCUT2D eigenvalue weighted by atomic mass is 10.1.